The molecular formula is C34H41ClN2O6S. The van der Waals surface area contributed by atoms with Crippen molar-refractivity contribution >= 4 is 39.2 Å². The number of rotatable bonds is 2. The summed E-state index contributed by atoms with van der Waals surface area (Å²) in [4.78, 5) is 27.5. The summed E-state index contributed by atoms with van der Waals surface area (Å²) in [7, 11) is -4.02. The number of nitrogens with one attached hydrogen (secondary N) is 1. The van der Waals surface area contributed by atoms with Crippen LogP contribution in [0.25, 0.3) is 0 Å². The quantitative estimate of drug-likeness (QED) is 0.389. The van der Waals surface area contributed by atoms with E-state index in [2.05, 4.69) is 27.8 Å². The minimum Gasteiger partial charge on any atom is -0.490 e. The number of carboxylic acids is 1. The van der Waals surface area contributed by atoms with Crippen molar-refractivity contribution in [3.05, 3.63) is 70.3 Å². The lowest BCUT2D eigenvalue weighted by atomic mass is 9.69. The molecule has 2 aliphatic heterocycles. The van der Waals surface area contributed by atoms with Gasteiger partial charge in [-0.25, -0.2) is 13.1 Å². The molecule has 6 atom stereocenters. The van der Waals surface area contributed by atoms with Gasteiger partial charge in [0.1, 0.15) is 5.75 Å². The van der Waals surface area contributed by atoms with Crippen molar-refractivity contribution in [2.75, 3.05) is 24.6 Å². The van der Waals surface area contributed by atoms with Crippen molar-refractivity contribution < 1.29 is 27.9 Å². The highest BCUT2D eigenvalue weighted by molar-refractivity contribution is 7.90. The highest BCUT2D eigenvalue weighted by Crippen LogP contribution is 2.46. The van der Waals surface area contributed by atoms with Gasteiger partial charge < -0.3 is 14.7 Å². The lowest BCUT2D eigenvalue weighted by Gasteiger charge is -2.44. The first-order valence-electron chi connectivity index (χ1n) is 15.7. The molecule has 6 rings (SSSR count). The van der Waals surface area contributed by atoms with Crippen LogP contribution in [0.4, 0.5) is 5.69 Å². The van der Waals surface area contributed by atoms with Gasteiger partial charge in [0.2, 0.25) is 10.0 Å². The topological polar surface area (TPSA) is 113 Å². The third-order valence-corrected chi connectivity index (χ3v) is 12.6. The van der Waals surface area contributed by atoms with Crippen LogP contribution < -0.4 is 14.4 Å². The number of hydrogen-bond acceptors (Lipinski definition) is 6. The molecule has 1 amide bonds. The van der Waals surface area contributed by atoms with E-state index in [1.54, 1.807) is 32.0 Å². The van der Waals surface area contributed by atoms with Crippen molar-refractivity contribution in [3.8, 4) is 5.75 Å². The summed E-state index contributed by atoms with van der Waals surface area (Å²) in [6.45, 7) is 5.31. The average Bonchev–Trinajstić information content (AvgIpc) is 3.10. The normalized spacial score (nSPS) is 32.2. The van der Waals surface area contributed by atoms with E-state index in [4.69, 9.17) is 16.3 Å². The van der Waals surface area contributed by atoms with E-state index in [0.717, 1.165) is 49.4 Å². The number of benzene rings is 2. The smallest absolute Gasteiger partial charge is 0.303 e. The van der Waals surface area contributed by atoms with Gasteiger partial charge in [0.05, 0.1) is 24.0 Å². The maximum Gasteiger partial charge on any atom is 0.303 e. The van der Waals surface area contributed by atoms with Crippen molar-refractivity contribution in [3.63, 3.8) is 0 Å². The van der Waals surface area contributed by atoms with Crippen LogP contribution in [0.15, 0.2) is 48.6 Å². The summed E-state index contributed by atoms with van der Waals surface area (Å²) in [5.41, 5.74) is 3.28. The second kappa shape index (κ2) is 12.0. The fraction of sp³-hybridized carbons (Fsp3) is 0.529. The number of nitrogens with zero attached hydrogens (tertiary/aromatic N) is 1. The fourth-order valence-electron chi connectivity index (χ4n) is 7.62. The van der Waals surface area contributed by atoms with Crippen LogP contribution >= 0.6 is 11.6 Å². The van der Waals surface area contributed by atoms with Crippen molar-refractivity contribution in [1.82, 2.24) is 4.72 Å². The summed E-state index contributed by atoms with van der Waals surface area (Å²) >= 11 is 6.39. The highest BCUT2D eigenvalue weighted by Gasteiger charge is 2.43. The molecule has 1 fully saturated rings. The van der Waals surface area contributed by atoms with Crippen LogP contribution in [-0.4, -0.2) is 50.3 Å². The van der Waals surface area contributed by atoms with E-state index in [9.17, 15) is 23.1 Å². The Morgan fingerprint density at radius 1 is 1.16 bits per heavy atom. The van der Waals surface area contributed by atoms with Crippen molar-refractivity contribution in [2.24, 2.45) is 23.7 Å². The van der Waals surface area contributed by atoms with E-state index in [1.807, 2.05) is 12.1 Å². The molecule has 2 bridgehead atoms. The fourth-order valence-corrected chi connectivity index (χ4v) is 9.10. The van der Waals surface area contributed by atoms with E-state index < -0.39 is 27.1 Å². The summed E-state index contributed by atoms with van der Waals surface area (Å²) in [5, 5.41) is 9.43. The molecule has 2 N–H and O–H groups in total. The summed E-state index contributed by atoms with van der Waals surface area (Å²) < 4.78 is 35.5. The molecule has 2 aromatic rings. The zero-order chi connectivity index (χ0) is 31.2. The number of hydrogen-bond donors (Lipinski definition) is 2. The first kappa shape index (κ1) is 31.0. The van der Waals surface area contributed by atoms with Gasteiger partial charge in [0.15, 0.2) is 0 Å². The largest absolute Gasteiger partial charge is 0.490 e. The molecule has 10 heteroatoms. The molecule has 0 saturated heterocycles. The molecule has 4 aliphatic rings. The predicted molar refractivity (Wildman–Crippen MR) is 171 cm³/mol. The Morgan fingerprint density at radius 3 is 2.73 bits per heavy atom. The Balaban J connectivity index is 1.41. The third-order valence-electron chi connectivity index (χ3n) is 10.5. The number of allylic oxidation sites excluding steroid dienone is 2. The monoisotopic (exact) mass is 640 g/mol. The van der Waals surface area contributed by atoms with E-state index in [1.165, 1.54) is 11.1 Å². The average molecular weight is 641 g/mol. The lowest BCUT2D eigenvalue weighted by Crippen LogP contribution is -2.48. The van der Waals surface area contributed by atoms with Gasteiger partial charge in [-0.05, 0) is 111 Å². The predicted octanol–water partition coefficient (Wildman–Crippen LogP) is 5.97. The number of aliphatic carboxylic acids is 1. The summed E-state index contributed by atoms with van der Waals surface area (Å²) in [5.74, 6) is -0.926. The summed E-state index contributed by atoms with van der Waals surface area (Å²) in [6, 6.07) is 11.3. The van der Waals surface area contributed by atoms with E-state index in [-0.39, 0.29) is 29.2 Å². The molecule has 0 radical (unpaired) electrons. The third kappa shape index (κ3) is 6.10. The van der Waals surface area contributed by atoms with Gasteiger partial charge in [0, 0.05) is 29.1 Å². The lowest BCUT2D eigenvalue weighted by molar-refractivity contribution is -0.137. The van der Waals surface area contributed by atoms with Crippen LogP contribution in [0.2, 0.25) is 5.02 Å². The number of halogens is 1. The minimum absolute atomic E-state index is 0.0688. The molecule has 2 heterocycles. The van der Waals surface area contributed by atoms with Gasteiger partial charge in [-0.3, -0.25) is 9.59 Å². The molecule has 0 unspecified atom stereocenters. The molecular weight excluding hydrogens is 600 g/mol. The van der Waals surface area contributed by atoms with Gasteiger partial charge in [-0.2, -0.15) is 0 Å². The second-order valence-electron chi connectivity index (χ2n) is 13.4. The van der Waals surface area contributed by atoms with E-state index >= 15 is 0 Å². The van der Waals surface area contributed by atoms with Gasteiger partial charge in [-0.15, -0.1) is 0 Å². The maximum atomic E-state index is 13.4. The van der Waals surface area contributed by atoms with Crippen LogP contribution in [-0.2, 0) is 26.7 Å². The molecule has 1 saturated carbocycles. The first-order valence-corrected chi connectivity index (χ1v) is 17.6. The number of ether oxygens (including phenoxy) is 1. The Morgan fingerprint density at radius 2 is 1.98 bits per heavy atom. The molecule has 2 aliphatic carbocycles. The number of carbonyl (C=O) groups excluding carboxylic acids is 1. The molecule has 8 nitrogen and oxygen atoms in total. The number of fused-ring (bicyclic) bond motifs is 4. The first-order chi connectivity index (χ1) is 20.9. The Labute approximate surface area is 264 Å². The van der Waals surface area contributed by atoms with Gasteiger partial charge >= 0.3 is 5.97 Å². The SMILES string of the molecule is C[C@@H]1[C@@H](C)C[C@@H](CC(=O)O)/C=C\[C@@H]2CC[C@H]2CN2C[C@@]3(CCCc4cc(Cl)ccc43)COc3ccc(cc32)C(=O)NS1(=O)=O. The molecule has 44 heavy (non-hydrogen) atoms. The zero-order valence-corrected chi connectivity index (χ0v) is 26.9. The van der Waals surface area contributed by atoms with E-state index in [0.29, 0.717) is 37.2 Å². The highest BCUT2D eigenvalue weighted by atomic mass is 35.5. The van der Waals surface area contributed by atoms with Crippen molar-refractivity contribution in [1.29, 1.82) is 0 Å². The molecule has 1 spiro atoms. The molecule has 0 aromatic heterocycles. The number of anilines is 1. The van der Waals surface area contributed by atoms with Crippen LogP contribution in [0, 0.1) is 23.7 Å². The van der Waals surface area contributed by atoms with Crippen LogP contribution in [0.3, 0.4) is 0 Å². The number of carbonyl (C=O) groups is 2. The number of aryl methyl sites for hydroxylation is 1. The minimum atomic E-state index is -4.02. The number of amides is 1. The number of carboxylic acid groups (broad SMARTS) is 1. The summed E-state index contributed by atoms with van der Waals surface area (Å²) in [6.07, 6.45) is 9.50. The molecule has 236 valence electrons. The second-order valence-corrected chi connectivity index (χ2v) is 15.9. The van der Waals surface area contributed by atoms with Gasteiger partial charge in [0.25, 0.3) is 5.91 Å². The zero-order valence-electron chi connectivity index (χ0n) is 25.3. The Bertz CT molecular complexity index is 1590. The van der Waals surface area contributed by atoms with Crippen molar-refractivity contribution in [2.45, 2.75) is 69.5 Å². The van der Waals surface area contributed by atoms with Crippen LogP contribution in [0.1, 0.15) is 73.9 Å². The number of sulfonamides is 1. The maximum absolute atomic E-state index is 13.4. The standard InChI is InChI=1S/C34H41ClN2O6S/c1-21-14-23(15-32(38)39)5-6-24-7-8-27(24)18-37-19-34(13-3-4-25-16-28(35)10-11-29(25)34)20-43-31-12-9-26(17-30(31)37)33(40)36-44(41,42)22(21)2/h5-6,9-12,16-17,21-24,27H,3-4,7-8,13-15,18-20H2,1-2H3,(H,36,40)(H,38,39)/b6-5-/t21-,22+,23-,24+,27-,34-/m0/s1. The Hall–Kier alpha value is -3.04. The van der Waals surface area contributed by atoms with Gasteiger partial charge in [-0.1, -0.05) is 36.7 Å². The Kier molecular flexibility index (Phi) is 8.48. The molecule has 2 aromatic carbocycles. The van der Waals surface area contributed by atoms with Crippen LogP contribution in [0.5, 0.6) is 5.75 Å².